The normalized spacial score (nSPS) is 18.9. The van der Waals surface area contributed by atoms with Crippen LogP contribution < -0.4 is 15.4 Å². The molecule has 1 aromatic rings. The van der Waals surface area contributed by atoms with Crippen molar-refractivity contribution in [3.8, 4) is 5.75 Å². The highest BCUT2D eigenvalue weighted by Crippen LogP contribution is 2.31. The molecule has 0 saturated carbocycles. The summed E-state index contributed by atoms with van der Waals surface area (Å²) in [7, 11) is 0. The number of ether oxygens (including phenoxy) is 1. The fraction of sp³-hybridized carbons (Fsp3) is 0.500. The third kappa shape index (κ3) is 3.38. The molecule has 2 amide bonds. The second-order valence-electron chi connectivity index (χ2n) is 4.63. The van der Waals surface area contributed by atoms with E-state index in [2.05, 4.69) is 10.6 Å². The number of fused-ring (bicyclic) bond motifs is 1. The zero-order valence-electron chi connectivity index (χ0n) is 11.1. The molecular weight excluding hydrogens is 244 g/mol. The van der Waals surface area contributed by atoms with E-state index in [-0.39, 0.29) is 24.7 Å². The van der Waals surface area contributed by atoms with Gasteiger partial charge in [-0.25, -0.2) is 4.79 Å². The van der Waals surface area contributed by atoms with Gasteiger partial charge in [-0.3, -0.25) is 0 Å². The summed E-state index contributed by atoms with van der Waals surface area (Å²) in [6.07, 6.45) is 1.45. The SMILES string of the molecule is CC[C@@H](CO)NC(=O)N[C@@H]1CCOc2ccccc21. The lowest BCUT2D eigenvalue weighted by molar-refractivity contribution is 0.205. The van der Waals surface area contributed by atoms with Gasteiger partial charge in [0.15, 0.2) is 0 Å². The van der Waals surface area contributed by atoms with Crippen molar-refractivity contribution in [3.63, 3.8) is 0 Å². The summed E-state index contributed by atoms with van der Waals surface area (Å²) in [6.45, 7) is 2.47. The van der Waals surface area contributed by atoms with Crippen molar-refractivity contribution in [1.29, 1.82) is 0 Å². The first-order valence-corrected chi connectivity index (χ1v) is 6.64. The molecule has 0 aromatic heterocycles. The lowest BCUT2D eigenvalue weighted by Gasteiger charge is -2.27. The summed E-state index contributed by atoms with van der Waals surface area (Å²) in [4.78, 5) is 11.9. The number of aliphatic hydroxyl groups is 1. The highest BCUT2D eigenvalue weighted by Gasteiger charge is 2.23. The maximum Gasteiger partial charge on any atom is 0.315 e. The maximum atomic E-state index is 11.9. The molecule has 5 heteroatoms. The summed E-state index contributed by atoms with van der Waals surface area (Å²) in [5.41, 5.74) is 1.00. The molecule has 2 rings (SSSR count). The van der Waals surface area contributed by atoms with Crippen LogP contribution >= 0.6 is 0 Å². The van der Waals surface area contributed by atoms with E-state index in [0.717, 1.165) is 17.7 Å². The Morgan fingerprint density at radius 2 is 2.32 bits per heavy atom. The molecule has 104 valence electrons. The third-order valence-corrected chi connectivity index (χ3v) is 3.31. The van der Waals surface area contributed by atoms with E-state index in [0.29, 0.717) is 13.0 Å². The first-order chi connectivity index (χ1) is 9.24. The minimum absolute atomic E-state index is 0.0406. The zero-order chi connectivity index (χ0) is 13.7. The Labute approximate surface area is 113 Å². The van der Waals surface area contributed by atoms with Crippen LogP contribution in [0.25, 0.3) is 0 Å². The number of aliphatic hydroxyl groups excluding tert-OH is 1. The molecule has 0 fully saturated rings. The number of rotatable bonds is 4. The van der Waals surface area contributed by atoms with Crippen molar-refractivity contribution in [2.45, 2.75) is 31.8 Å². The molecule has 0 saturated heterocycles. The first-order valence-electron chi connectivity index (χ1n) is 6.64. The maximum absolute atomic E-state index is 11.9. The van der Waals surface area contributed by atoms with E-state index in [1.54, 1.807) is 0 Å². The molecule has 0 unspecified atom stereocenters. The number of para-hydroxylation sites is 1. The Kier molecular flexibility index (Phi) is 4.63. The molecular formula is C14H20N2O3. The van der Waals surface area contributed by atoms with Gasteiger partial charge in [-0.1, -0.05) is 25.1 Å². The van der Waals surface area contributed by atoms with Crippen molar-refractivity contribution in [2.75, 3.05) is 13.2 Å². The van der Waals surface area contributed by atoms with Gasteiger partial charge in [-0.05, 0) is 12.5 Å². The molecule has 1 aliphatic heterocycles. The first kappa shape index (κ1) is 13.7. The molecule has 1 heterocycles. The van der Waals surface area contributed by atoms with E-state index < -0.39 is 0 Å². The predicted molar refractivity (Wildman–Crippen MR) is 72.1 cm³/mol. The molecule has 19 heavy (non-hydrogen) atoms. The van der Waals surface area contributed by atoms with Crippen LogP contribution in [0.4, 0.5) is 4.79 Å². The fourth-order valence-electron chi connectivity index (χ4n) is 2.15. The number of benzene rings is 1. The number of hydrogen-bond donors (Lipinski definition) is 3. The minimum atomic E-state index is -0.248. The summed E-state index contributed by atoms with van der Waals surface area (Å²) in [5, 5.41) is 14.8. The second kappa shape index (κ2) is 6.43. The highest BCUT2D eigenvalue weighted by molar-refractivity contribution is 5.75. The Morgan fingerprint density at radius 3 is 3.05 bits per heavy atom. The predicted octanol–water partition coefficient (Wildman–Crippen LogP) is 1.58. The number of carbonyl (C=O) groups excluding carboxylic acids is 1. The summed E-state index contributed by atoms with van der Waals surface area (Å²) >= 11 is 0. The van der Waals surface area contributed by atoms with Gasteiger partial charge >= 0.3 is 6.03 Å². The van der Waals surface area contributed by atoms with Gasteiger partial charge < -0.3 is 20.5 Å². The Morgan fingerprint density at radius 1 is 1.53 bits per heavy atom. The number of amides is 2. The minimum Gasteiger partial charge on any atom is -0.493 e. The lowest BCUT2D eigenvalue weighted by Crippen LogP contribution is -2.45. The molecule has 5 nitrogen and oxygen atoms in total. The van der Waals surface area contributed by atoms with E-state index in [4.69, 9.17) is 9.84 Å². The molecule has 1 aliphatic rings. The van der Waals surface area contributed by atoms with E-state index >= 15 is 0 Å². The zero-order valence-corrected chi connectivity index (χ0v) is 11.1. The molecule has 3 N–H and O–H groups in total. The van der Waals surface area contributed by atoms with Crippen LogP contribution in [0.1, 0.15) is 31.4 Å². The van der Waals surface area contributed by atoms with E-state index in [1.807, 2.05) is 31.2 Å². The topological polar surface area (TPSA) is 70.6 Å². The average Bonchev–Trinajstić information content (AvgIpc) is 2.45. The molecule has 0 bridgehead atoms. The highest BCUT2D eigenvalue weighted by atomic mass is 16.5. The monoisotopic (exact) mass is 264 g/mol. The third-order valence-electron chi connectivity index (χ3n) is 3.31. The summed E-state index contributed by atoms with van der Waals surface area (Å²) in [6, 6.07) is 7.23. The van der Waals surface area contributed by atoms with Crippen molar-refractivity contribution < 1.29 is 14.6 Å². The number of urea groups is 1. The van der Waals surface area contributed by atoms with E-state index in [1.165, 1.54) is 0 Å². The van der Waals surface area contributed by atoms with Crippen molar-refractivity contribution in [3.05, 3.63) is 29.8 Å². The number of nitrogens with one attached hydrogen (secondary N) is 2. The van der Waals surface area contributed by atoms with Crippen molar-refractivity contribution in [2.24, 2.45) is 0 Å². The quantitative estimate of drug-likeness (QED) is 0.773. The van der Waals surface area contributed by atoms with Crippen LogP contribution in [0.5, 0.6) is 5.75 Å². The molecule has 2 atom stereocenters. The van der Waals surface area contributed by atoms with Gasteiger partial charge in [-0.2, -0.15) is 0 Å². The van der Waals surface area contributed by atoms with Crippen LogP contribution in [0.2, 0.25) is 0 Å². The Balaban J connectivity index is 1.99. The second-order valence-corrected chi connectivity index (χ2v) is 4.63. The standard InChI is InChI=1S/C14H20N2O3/c1-2-10(9-17)15-14(18)16-12-7-8-19-13-6-4-3-5-11(12)13/h3-6,10,12,17H,2,7-9H2,1H3,(H2,15,16,18)/t10-,12+/m0/s1. The number of carbonyl (C=O) groups is 1. The molecule has 0 radical (unpaired) electrons. The van der Waals surface area contributed by atoms with Crippen LogP contribution in [0, 0.1) is 0 Å². The van der Waals surface area contributed by atoms with Gasteiger partial charge in [0.2, 0.25) is 0 Å². The van der Waals surface area contributed by atoms with Gasteiger partial charge in [-0.15, -0.1) is 0 Å². The van der Waals surface area contributed by atoms with Crippen LogP contribution in [0.15, 0.2) is 24.3 Å². The lowest BCUT2D eigenvalue weighted by atomic mass is 10.0. The Hall–Kier alpha value is -1.75. The number of hydrogen-bond acceptors (Lipinski definition) is 3. The van der Waals surface area contributed by atoms with Gasteiger partial charge in [0, 0.05) is 12.0 Å². The van der Waals surface area contributed by atoms with Crippen molar-refractivity contribution >= 4 is 6.03 Å². The van der Waals surface area contributed by atoms with E-state index in [9.17, 15) is 4.79 Å². The molecule has 0 aliphatic carbocycles. The van der Waals surface area contributed by atoms with Gasteiger partial charge in [0.05, 0.1) is 25.3 Å². The van der Waals surface area contributed by atoms with Crippen LogP contribution in [0.3, 0.4) is 0 Å². The smallest absolute Gasteiger partial charge is 0.315 e. The van der Waals surface area contributed by atoms with Crippen LogP contribution in [-0.4, -0.2) is 30.4 Å². The van der Waals surface area contributed by atoms with Gasteiger partial charge in [0.25, 0.3) is 0 Å². The van der Waals surface area contributed by atoms with Crippen LogP contribution in [-0.2, 0) is 0 Å². The average molecular weight is 264 g/mol. The molecule has 1 aromatic carbocycles. The van der Waals surface area contributed by atoms with Crippen molar-refractivity contribution in [1.82, 2.24) is 10.6 Å². The molecule has 0 spiro atoms. The fourth-order valence-corrected chi connectivity index (χ4v) is 2.15. The summed E-state index contributed by atoms with van der Waals surface area (Å²) in [5.74, 6) is 0.827. The largest absolute Gasteiger partial charge is 0.493 e. The van der Waals surface area contributed by atoms with Gasteiger partial charge in [0.1, 0.15) is 5.75 Å². The Bertz CT molecular complexity index is 432. The summed E-state index contributed by atoms with van der Waals surface area (Å²) < 4.78 is 5.55.